The molecule has 1 fully saturated rings. The van der Waals surface area contributed by atoms with Crippen molar-refractivity contribution in [2.75, 3.05) is 30.4 Å². The second-order valence-electron chi connectivity index (χ2n) is 5.11. The van der Waals surface area contributed by atoms with Gasteiger partial charge in [-0.2, -0.15) is 0 Å². The number of nitrogens with zero attached hydrogens (tertiary/aromatic N) is 2. The van der Waals surface area contributed by atoms with Crippen LogP contribution in [0, 0.1) is 13.8 Å². The summed E-state index contributed by atoms with van der Waals surface area (Å²) in [7, 11) is 0. The first kappa shape index (κ1) is 13.1. The van der Waals surface area contributed by atoms with Crippen molar-refractivity contribution in [3.63, 3.8) is 0 Å². The molecule has 1 unspecified atom stereocenters. The van der Waals surface area contributed by atoms with Gasteiger partial charge in [-0.15, -0.1) is 0 Å². The lowest BCUT2D eigenvalue weighted by Crippen LogP contribution is -2.35. The van der Waals surface area contributed by atoms with Gasteiger partial charge in [-0.1, -0.05) is 0 Å². The van der Waals surface area contributed by atoms with E-state index in [1.54, 1.807) is 0 Å². The first-order valence-electron chi connectivity index (χ1n) is 6.49. The van der Waals surface area contributed by atoms with Gasteiger partial charge in [0.15, 0.2) is 0 Å². The Kier molecular flexibility index (Phi) is 3.71. The largest absolute Gasteiger partial charge is 0.379 e. The highest BCUT2D eigenvalue weighted by molar-refractivity contribution is 5.58. The number of aromatic nitrogens is 2. The smallest absolute Gasteiger partial charge is 0.135 e. The molecule has 1 aliphatic rings. The Labute approximate surface area is 108 Å². The van der Waals surface area contributed by atoms with Crippen LogP contribution in [0.15, 0.2) is 0 Å². The van der Waals surface area contributed by atoms with Crippen LogP contribution in [0.5, 0.6) is 0 Å². The van der Waals surface area contributed by atoms with Crippen LogP contribution in [0.2, 0.25) is 0 Å². The molecule has 0 radical (unpaired) electrons. The lowest BCUT2D eigenvalue weighted by atomic mass is 10.0. The third-order valence-electron chi connectivity index (χ3n) is 3.24. The lowest BCUT2D eigenvalue weighted by Gasteiger charge is -2.26. The standard InChI is InChI=1S/C13H22N4O/c1-5-14-11-9(2)12(16-10(3)15-11)17-13(4)6-7-18-8-13/h5-8H2,1-4H3,(H2,14,15,16,17). The molecule has 0 spiro atoms. The zero-order valence-electron chi connectivity index (χ0n) is 11.6. The fraction of sp³-hybridized carbons (Fsp3) is 0.692. The van der Waals surface area contributed by atoms with Crippen LogP contribution in [0.4, 0.5) is 11.6 Å². The first-order chi connectivity index (χ1) is 8.54. The number of aryl methyl sites for hydroxylation is 1. The van der Waals surface area contributed by atoms with Gasteiger partial charge in [-0.05, 0) is 34.1 Å². The van der Waals surface area contributed by atoms with E-state index in [9.17, 15) is 0 Å². The molecule has 0 bridgehead atoms. The van der Waals surface area contributed by atoms with Crippen LogP contribution in [0.3, 0.4) is 0 Å². The van der Waals surface area contributed by atoms with Crippen molar-refractivity contribution in [2.24, 2.45) is 0 Å². The maximum absolute atomic E-state index is 5.46. The summed E-state index contributed by atoms with van der Waals surface area (Å²) in [5, 5.41) is 6.78. The molecule has 1 aliphatic heterocycles. The number of hydrogen-bond acceptors (Lipinski definition) is 5. The highest BCUT2D eigenvalue weighted by atomic mass is 16.5. The Morgan fingerprint density at radius 3 is 2.61 bits per heavy atom. The van der Waals surface area contributed by atoms with Gasteiger partial charge in [0.05, 0.1) is 12.1 Å². The normalized spacial score (nSPS) is 23.1. The van der Waals surface area contributed by atoms with E-state index < -0.39 is 0 Å². The summed E-state index contributed by atoms with van der Waals surface area (Å²) < 4.78 is 5.46. The number of ether oxygens (including phenoxy) is 1. The van der Waals surface area contributed by atoms with Crippen molar-refractivity contribution in [2.45, 2.75) is 39.7 Å². The van der Waals surface area contributed by atoms with Gasteiger partial charge in [0.1, 0.15) is 17.5 Å². The third-order valence-corrected chi connectivity index (χ3v) is 3.24. The van der Waals surface area contributed by atoms with Crippen LogP contribution < -0.4 is 10.6 Å². The van der Waals surface area contributed by atoms with Crippen molar-refractivity contribution in [3.8, 4) is 0 Å². The maximum Gasteiger partial charge on any atom is 0.135 e. The Bertz CT molecular complexity index is 427. The fourth-order valence-corrected chi connectivity index (χ4v) is 2.14. The van der Waals surface area contributed by atoms with E-state index in [1.165, 1.54) is 0 Å². The van der Waals surface area contributed by atoms with Crippen LogP contribution in [-0.2, 0) is 4.74 Å². The van der Waals surface area contributed by atoms with Gasteiger partial charge in [0.25, 0.3) is 0 Å². The molecule has 2 rings (SSSR count). The van der Waals surface area contributed by atoms with Gasteiger partial charge in [0, 0.05) is 18.7 Å². The topological polar surface area (TPSA) is 59.1 Å². The SMILES string of the molecule is CCNc1nc(C)nc(NC2(C)CCOC2)c1C. The number of nitrogens with one attached hydrogen (secondary N) is 2. The van der Waals surface area contributed by atoms with Crippen LogP contribution in [0.25, 0.3) is 0 Å². The van der Waals surface area contributed by atoms with E-state index in [2.05, 4.69) is 34.4 Å². The summed E-state index contributed by atoms with van der Waals surface area (Å²) in [6.45, 7) is 10.6. The first-order valence-corrected chi connectivity index (χ1v) is 6.49. The second kappa shape index (κ2) is 5.10. The van der Waals surface area contributed by atoms with E-state index >= 15 is 0 Å². The minimum atomic E-state index is -0.0188. The predicted octanol–water partition coefficient (Wildman–Crippen LogP) is 2.12. The van der Waals surface area contributed by atoms with Gasteiger partial charge >= 0.3 is 0 Å². The monoisotopic (exact) mass is 250 g/mol. The van der Waals surface area contributed by atoms with E-state index in [-0.39, 0.29) is 5.54 Å². The minimum Gasteiger partial charge on any atom is -0.379 e. The van der Waals surface area contributed by atoms with Crippen molar-refractivity contribution >= 4 is 11.6 Å². The molecule has 0 aromatic carbocycles. The molecule has 0 saturated carbocycles. The fourth-order valence-electron chi connectivity index (χ4n) is 2.14. The summed E-state index contributed by atoms with van der Waals surface area (Å²) >= 11 is 0. The molecule has 5 nitrogen and oxygen atoms in total. The van der Waals surface area contributed by atoms with Crippen molar-refractivity contribution in [1.29, 1.82) is 0 Å². The van der Waals surface area contributed by atoms with E-state index in [0.717, 1.165) is 49.2 Å². The molecule has 1 saturated heterocycles. The predicted molar refractivity (Wildman–Crippen MR) is 73.1 cm³/mol. The average Bonchev–Trinajstić information content (AvgIpc) is 2.72. The summed E-state index contributed by atoms with van der Waals surface area (Å²) in [5.74, 6) is 2.60. The zero-order chi connectivity index (χ0) is 13.2. The quantitative estimate of drug-likeness (QED) is 0.857. The minimum absolute atomic E-state index is 0.0188. The Balaban J connectivity index is 2.26. The molecular weight excluding hydrogens is 228 g/mol. The Hall–Kier alpha value is -1.36. The third kappa shape index (κ3) is 2.72. The van der Waals surface area contributed by atoms with Crippen molar-refractivity contribution < 1.29 is 4.74 Å². The summed E-state index contributed by atoms with van der Waals surface area (Å²) in [4.78, 5) is 8.93. The average molecular weight is 250 g/mol. The van der Waals surface area contributed by atoms with Crippen LogP contribution >= 0.6 is 0 Å². The lowest BCUT2D eigenvalue weighted by molar-refractivity contribution is 0.185. The highest BCUT2D eigenvalue weighted by Crippen LogP contribution is 2.27. The summed E-state index contributed by atoms with van der Waals surface area (Å²) in [6, 6.07) is 0. The molecule has 0 amide bonds. The van der Waals surface area contributed by atoms with E-state index in [4.69, 9.17) is 4.74 Å². The number of anilines is 2. The van der Waals surface area contributed by atoms with Crippen LogP contribution in [0.1, 0.15) is 31.7 Å². The Morgan fingerprint density at radius 1 is 1.28 bits per heavy atom. The number of hydrogen-bond donors (Lipinski definition) is 2. The van der Waals surface area contributed by atoms with Crippen molar-refractivity contribution in [3.05, 3.63) is 11.4 Å². The Morgan fingerprint density at radius 2 is 2.00 bits per heavy atom. The van der Waals surface area contributed by atoms with E-state index in [1.807, 2.05) is 13.8 Å². The molecule has 5 heteroatoms. The molecular formula is C13H22N4O. The zero-order valence-corrected chi connectivity index (χ0v) is 11.6. The molecule has 100 valence electrons. The van der Waals surface area contributed by atoms with Gasteiger partial charge in [0.2, 0.25) is 0 Å². The summed E-state index contributed by atoms with van der Waals surface area (Å²) in [6.07, 6.45) is 1.01. The van der Waals surface area contributed by atoms with E-state index in [0.29, 0.717) is 0 Å². The number of rotatable bonds is 4. The van der Waals surface area contributed by atoms with Crippen LogP contribution in [-0.4, -0.2) is 35.3 Å². The molecule has 18 heavy (non-hydrogen) atoms. The molecule has 0 aliphatic carbocycles. The molecule has 2 N–H and O–H groups in total. The second-order valence-corrected chi connectivity index (χ2v) is 5.11. The van der Waals surface area contributed by atoms with Crippen molar-refractivity contribution in [1.82, 2.24) is 9.97 Å². The molecule has 2 heterocycles. The van der Waals surface area contributed by atoms with Gasteiger partial charge in [-0.25, -0.2) is 9.97 Å². The molecule has 1 atom stereocenters. The maximum atomic E-state index is 5.46. The summed E-state index contributed by atoms with van der Waals surface area (Å²) in [5.41, 5.74) is 1.05. The highest BCUT2D eigenvalue weighted by Gasteiger charge is 2.30. The molecule has 1 aromatic heterocycles. The van der Waals surface area contributed by atoms with Gasteiger partial charge in [-0.3, -0.25) is 0 Å². The molecule has 1 aromatic rings. The van der Waals surface area contributed by atoms with Gasteiger partial charge < -0.3 is 15.4 Å².